The van der Waals surface area contributed by atoms with Gasteiger partial charge in [-0.25, -0.2) is 0 Å². The fourth-order valence-electron chi connectivity index (χ4n) is 4.09. The Labute approximate surface area is 170 Å². The van der Waals surface area contributed by atoms with E-state index >= 15 is 0 Å². The highest BCUT2D eigenvalue weighted by atomic mass is 32.1. The second-order valence-electron chi connectivity index (χ2n) is 7.49. The van der Waals surface area contributed by atoms with E-state index in [4.69, 9.17) is 0 Å². The van der Waals surface area contributed by atoms with Crippen molar-refractivity contribution < 1.29 is 4.79 Å². The number of hydrogen-bond acceptors (Lipinski definition) is 5. The second kappa shape index (κ2) is 8.76. The molecule has 1 aliphatic heterocycles. The molecule has 2 heterocycles. The first-order valence-electron chi connectivity index (χ1n) is 10.1. The quantitative estimate of drug-likeness (QED) is 0.841. The minimum Gasteiger partial charge on any atom is -0.369 e. The first-order valence-corrected chi connectivity index (χ1v) is 10.9. The van der Waals surface area contributed by atoms with Crippen molar-refractivity contribution >= 4 is 27.9 Å². The van der Waals surface area contributed by atoms with Crippen LogP contribution in [0.1, 0.15) is 35.3 Å². The lowest BCUT2D eigenvalue weighted by molar-refractivity contribution is -0.116. The summed E-state index contributed by atoms with van der Waals surface area (Å²) < 4.78 is 0. The first-order chi connectivity index (χ1) is 13.7. The van der Waals surface area contributed by atoms with Crippen LogP contribution in [0.3, 0.4) is 0 Å². The van der Waals surface area contributed by atoms with Gasteiger partial charge in [-0.3, -0.25) is 9.69 Å². The summed E-state index contributed by atoms with van der Waals surface area (Å²) in [6, 6.07) is 12.8. The Kier molecular flexibility index (Phi) is 5.94. The fourth-order valence-corrected chi connectivity index (χ4v) is 5.35. The monoisotopic (exact) mass is 394 g/mol. The molecule has 0 saturated carbocycles. The van der Waals surface area contributed by atoms with Gasteiger partial charge in [0.05, 0.1) is 5.56 Å². The predicted molar refractivity (Wildman–Crippen MR) is 114 cm³/mol. The first kappa shape index (κ1) is 19.0. The van der Waals surface area contributed by atoms with E-state index < -0.39 is 0 Å². The topological polar surface area (TPSA) is 59.4 Å². The van der Waals surface area contributed by atoms with Crippen molar-refractivity contribution in [2.75, 3.05) is 42.9 Å². The number of aryl methyl sites for hydroxylation is 1. The van der Waals surface area contributed by atoms with Crippen LogP contribution in [-0.4, -0.2) is 43.5 Å². The smallest absolute Gasteiger partial charge is 0.226 e. The molecule has 146 valence electrons. The highest BCUT2D eigenvalue weighted by Gasteiger charge is 2.22. The minimum atomic E-state index is 0.0144. The highest BCUT2D eigenvalue weighted by Crippen LogP contribution is 2.37. The molecule has 28 heavy (non-hydrogen) atoms. The molecule has 0 spiro atoms. The van der Waals surface area contributed by atoms with E-state index in [1.807, 2.05) is 6.07 Å². The van der Waals surface area contributed by atoms with Crippen molar-refractivity contribution in [3.05, 3.63) is 46.3 Å². The molecule has 4 rings (SSSR count). The van der Waals surface area contributed by atoms with Crippen molar-refractivity contribution in [3.8, 4) is 6.07 Å². The minimum absolute atomic E-state index is 0.0144. The van der Waals surface area contributed by atoms with Crippen molar-refractivity contribution in [2.45, 2.75) is 32.1 Å². The number of amides is 1. The van der Waals surface area contributed by atoms with Crippen molar-refractivity contribution in [1.82, 2.24) is 4.90 Å². The molecular formula is C22H26N4OS. The molecule has 6 heteroatoms. The Balaban J connectivity index is 1.27. The normalized spacial score (nSPS) is 17.0. The molecule has 5 nitrogen and oxygen atoms in total. The van der Waals surface area contributed by atoms with E-state index in [2.05, 4.69) is 45.5 Å². The summed E-state index contributed by atoms with van der Waals surface area (Å²) in [4.78, 5) is 18.5. The van der Waals surface area contributed by atoms with Gasteiger partial charge >= 0.3 is 0 Å². The number of nitriles is 1. The van der Waals surface area contributed by atoms with Crippen LogP contribution in [0.4, 0.5) is 10.7 Å². The maximum Gasteiger partial charge on any atom is 0.226 e. The predicted octanol–water partition coefficient (Wildman–Crippen LogP) is 3.65. The lowest BCUT2D eigenvalue weighted by Crippen LogP contribution is -2.47. The molecule has 1 aromatic heterocycles. The van der Waals surface area contributed by atoms with Crippen LogP contribution >= 0.6 is 11.3 Å². The lowest BCUT2D eigenvalue weighted by Gasteiger charge is -2.36. The summed E-state index contributed by atoms with van der Waals surface area (Å²) in [7, 11) is 0. The van der Waals surface area contributed by atoms with Gasteiger partial charge in [-0.2, -0.15) is 5.26 Å². The highest BCUT2D eigenvalue weighted by molar-refractivity contribution is 7.16. The molecule has 0 bridgehead atoms. The number of nitrogens with one attached hydrogen (secondary N) is 1. The molecule has 1 N–H and O–H groups in total. The van der Waals surface area contributed by atoms with Crippen molar-refractivity contribution in [2.24, 2.45) is 0 Å². The molecule has 1 aromatic carbocycles. The SMILES string of the molecule is N#Cc1c(NC(=O)CCN2CCN(c3ccccc3)CC2)sc2c1CCCC2. The molecule has 0 unspecified atom stereocenters. The molecule has 2 aromatic rings. The summed E-state index contributed by atoms with van der Waals surface area (Å²) in [5.41, 5.74) is 3.14. The summed E-state index contributed by atoms with van der Waals surface area (Å²) >= 11 is 1.60. The van der Waals surface area contributed by atoms with E-state index in [0.29, 0.717) is 12.0 Å². The molecule has 1 fully saturated rings. The van der Waals surface area contributed by atoms with Gasteiger partial charge in [0.2, 0.25) is 5.91 Å². The third kappa shape index (κ3) is 4.21. The van der Waals surface area contributed by atoms with Crippen molar-refractivity contribution in [3.63, 3.8) is 0 Å². The van der Waals surface area contributed by atoms with Gasteiger partial charge in [-0.05, 0) is 43.4 Å². The van der Waals surface area contributed by atoms with Gasteiger partial charge < -0.3 is 10.2 Å². The Morgan fingerprint density at radius 2 is 1.86 bits per heavy atom. The van der Waals surface area contributed by atoms with E-state index in [0.717, 1.165) is 57.0 Å². The van der Waals surface area contributed by atoms with Crippen LogP contribution in [0.25, 0.3) is 0 Å². The van der Waals surface area contributed by atoms with E-state index in [1.54, 1.807) is 11.3 Å². The molecule has 1 aliphatic carbocycles. The summed E-state index contributed by atoms with van der Waals surface area (Å²) in [6.45, 7) is 4.68. The number of benzene rings is 1. The number of piperazine rings is 1. The van der Waals surface area contributed by atoms with Crippen LogP contribution < -0.4 is 10.2 Å². The summed E-state index contributed by atoms with van der Waals surface area (Å²) in [6.07, 6.45) is 4.80. The maximum absolute atomic E-state index is 12.5. The van der Waals surface area contributed by atoms with Gasteiger partial charge in [-0.15, -0.1) is 11.3 Å². The third-order valence-corrected chi connectivity index (χ3v) is 6.89. The van der Waals surface area contributed by atoms with Gasteiger partial charge in [0.15, 0.2) is 0 Å². The average molecular weight is 395 g/mol. The van der Waals surface area contributed by atoms with Gasteiger partial charge in [0.25, 0.3) is 0 Å². The Hall–Kier alpha value is -2.36. The van der Waals surface area contributed by atoms with Crippen LogP contribution in [0.5, 0.6) is 0 Å². The van der Waals surface area contributed by atoms with Gasteiger partial charge in [0.1, 0.15) is 11.1 Å². The average Bonchev–Trinajstić information content (AvgIpc) is 3.10. The van der Waals surface area contributed by atoms with Gasteiger partial charge in [-0.1, -0.05) is 18.2 Å². The Morgan fingerprint density at radius 3 is 2.61 bits per heavy atom. The molecule has 1 amide bonds. The molecule has 0 atom stereocenters. The zero-order valence-electron chi connectivity index (χ0n) is 16.1. The summed E-state index contributed by atoms with van der Waals surface area (Å²) in [5.74, 6) is 0.0144. The lowest BCUT2D eigenvalue weighted by atomic mass is 9.96. The number of carbonyl (C=O) groups excluding carboxylic acids is 1. The number of hydrogen-bond donors (Lipinski definition) is 1. The Morgan fingerprint density at radius 1 is 1.11 bits per heavy atom. The zero-order valence-corrected chi connectivity index (χ0v) is 16.9. The van der Waals surface area contributed by atoms with Crippen LogP contribution in [0.15, 0.2) is 30.3 Å². The second-order valence-corrected chi connectivity index (χ2v) is 8.59. The number of anilines is 2. The third-order valence-electron chi connectivity index (χ3n) is 5.68. The maximum atomic E-state index is 12.5. The van der Waals surface area contributed by atoms with Crippen LogP contribution in [0.2, 0.25) is 0 Å². The number of thiophene rings is 1. The van der Waals surface area contributed by atoms with E-state index in [1.165, 1.54) is 22.5 Å². The number of rotatable bonds is 5. The molecular weight excluding hydrogens is 368 g/mol. The van der Waals surface area contributed by atoms with Crippen LogP contribution in [0, 0.1) is 11.3 Å². The van der Waals surface area contributed by atoms with Crippen molar-refractivity contribution in [1.29, 1.82) is 5.26 Å². The molecule has 2 aliphatic rings. The van der Waals surface area contributed by atoms with E-state index in [9.17, 15) is 10.1 Å². The number of para-hydroxylation sites is 1. The number of fused-ring (bicyclic) bond motifs is 1. The standard InChI is InChI=1S/C22H26N4OS/c23-16-19-18-8-4-5-9-20(18)28-22(19)24-21(27)10-11-25-12-14-26(15-13-25)17-6-2-1-3-7-17/h1-3,6-7H,4-5,8-15H2,(H,24,27). The largest absolute Gasteiger partial charge is 0.369 e. The molecule has 0 radical (unpaired) electrons. The molecule has 1 saturated heterocycles. The fraction of sp³-hybridized carbons (Fsp3) is 0.455. The van der Waals surface area contributed by atoms with Gasteiger partial charge in [0, 0.05) is 49.7 Å². The Bertz CT molecular complexity index is 863. The summed E-state index contributed by atoms with van der Waals surface area (Å²) in [5, 5.41) is 13.3. The number of carbonyl (C=O) groups is 1. The van der Waals surface area contributed by atoms with E-state index in [-0.39, 0.29) is 5.91 Å². The number of nitrogens with zero attached hydrogens (tertiary/aromatic N) is 3. The van der Waals surface area contributed by atoms with Crippen LogP contribution in [-0.2, 0) is 17.6 Å². The zero-order chi connectivity index (χ0) is 19.3.